The van der Waals surface area contributed by atoms with Gasteiger partial charge in [0.1, 0.15) is 0 Å². The minimum Gasteiger partial charge on any atom is -0.325 e. The van der Waals surface area contributed by atoms with E-state index in [0.717, 1.165) is 37.0 Å². The van der Waals surface area contributed by atoms with Crippen molar-refractivity contribution in [2.45, 2.75) is 58.8 Å². The lowest BCUT2D eigenvalue weighted by atomic mass is 9.91. The predicted octanol–water partition coefficient (Wildman–Crippen LogP) is 3.81. The van der Waals surface area contributed by atoms with Gasteiger partial charge in [-0.1, -0.05) is 35.9 Å². The Bertz CT molecular complexity index is 1210. The number of imidazole rings is 1. The van der Waals surface area contributed by atoms with E-state index in [4.69, 9.17) is 0 Å². The molecule has 1 atom stereocenters. The molecule has 0 amide bonds. The zero-order valence-electron chi connectivity index (χ0n) is 19.3. The number of nitrogens with one attached hydrogen (secondary N) is 2. The van der Waals surface area contributed by atoms with Gasteiger partial charge in [-0.15, -0.1) is 0 Å². The fraction of sp³-hybridized carbons (Fsp3) is 0.423. The monoisotopic (exact) mass is 431 g/mol. The number of nitrogens with zero attached hydrogens (tertiary/aromatic N) is 3. The molecule has 6 heteroatoms. The number of benzene rings is 2. The number of aryl methyl sites for hydroxylation is 3. The summed E-state index contributed by atoms with van der Waals surface area (Å²) in [5.74, 6) is 0. The molecule has 0 saturated carbocycles. The summed E-state index contributed by atoms with van der Waals surface area (Å²) in [7, 11) is 0. The van der Waals surface area contributed by atoms with E-state index in [-0.39, 0.29) is 11.7 Å². The molecule has 2 N–H and O–H groups in total. The minimum atomic E-state index is 0.0762. The van der Waals surface area contributed by atoms with Crippen LogP contribution >= 0.6 is 0 Å². The van der Waals surface area contributed by atoms with Gasteiger partial charge in [0.25, 0.3) is 0 Å². The van der Waals surface area contributed by atoms with Crippen LogP contribution in [0.5, 0.6) is 0 Å². The number of hydrogen-bond donors (Lipinski definition) is 2. The Hall–Kier alpha value is -2.83. The second kappa shape index (κ2) is 8.60. The SMILES string of the molecule is CCn1c(=O)n(CC)c2cc(C3=CNN(C4CCNCC4)C3c3cccc(C)c3)ccc21. The minimum absolute atomic E-state index is 0.0762. The molecule has 3 aromatic rings. The van der Waals surface area contributed by atoms with Crippen LogP contribution < -0.4 is 16.4 Å². The molecule has 2 aliphatic heterocycles. The Morgan fingerprint density at radius 2 is 1.72 bits per heavy atom. The molecule has 1 unspecified atom stereocenters. The van der Waals surface area contributed by atoms with Crippen LogP contribution in [0.4, 0.5) is 0 Å². The van der Waals surface area contributed by atoms with Crippen LogP contribution in [0.15, 0.2) is 53.5 Å². The summed E-state index contributed by atoms with van der Waals surface area (Å²) < 4.78 is 3.75. The van der Waals surface area contributed by atoms with E-state index in [0.29, 0.717) is 19.1 Å². The van der Waals surface area contributed by atoms with Crippen molar-refractivity contribution in [3.8, 4) is 0 Å². The largest absolute Gasteiger partial charge is 0.329 e. The molecule has 32 heavy (non-hydrogen) atoms. The van der Waals surface area contributed by atoms with E-state index in [1.165, 1.54) is 22.3 Å². The molecule has 0 bridgehead atoms. The number of fused-ring (bicyclic) bond motifs is 1. The van der Waals surface area contributed by atoms with Gasteiger partial charge in [0.05, 0.1) is 17.1 Å². The number of rotatable bonds is 5. The lowest BCUT2D eigenvalue weighted by Crippen LogP contribution is -2.47. The number of aromatic nitrogens is 2. The first kappa shape index (κ1) is 21.0. The molecule has 168 valence electrons. The topological polar surface area (TPSA) is 54.2 Å². The Labute approximate surface area is 189 Å². The maximum Gasteiger partial charge on any atom is 0.329 e. The smallest absolute Gasteiger partial charge is 0.325 e. The molecule has 1 aromatic heterocycles. The van der Waals surface area contributed by atoms with Gasteiger partial charge >= 0.3 is 5.69 Å². The van der Waals surface area contributed by atoms with E-state index < -0.39 is 0 Å². The van der Waals surface area contributed by atoms with Gasteiger partial charge in [-0.25, -0.2) is 9.80 Å². The van der Waals surface area contributed by atoms with Crippen molar-refractivity contribution in [1.29, 1.82) is 0 Å². The molecule has 6 nitrogen and oxygen atoms in total. The quantitative estimate of drug-likeness (QED) is 0.645. The second-order valence-electron chi connectivity index (χ2n) is 8.91. The third-order valence-electron chi connectivity index (χ3n) is 6.99. The van der Waals surface area contributed by atoms with Crippen LogP contribution in [0, 0.1) is 6.92 Å². The Balaban J connectivity index is 1.61. The van der Waals surface area contributed by atoms with Crippen molar-refractivity contribution in [1.82, 2.24) is 24.9 Å². The highest BCUT2D eigenvalue weighted by molar-refractivity contribution is 5.83. The zero-order valence-corrected chi connectivity index (χ0v) is 19.3. The van der Waals surface area contributed by atoms with E-state index in [2.05, 4.69) is 71.3 Å². The Kier molecular flexibility index (Phi) is 5.66. The summed E-state index contributed by atoms with van der Waals surface area (Å²) in [6.07, 6.45) is 4.43. The predicted molar refractivity (Wildman–Crippen MR) is 130 cm³/mol. The van der Waals surface area contributed by atoms with Crippen LogP contribution in [-0.2, 0) is 13.1 Å². The summed E-state index contributed by atoms with van der Waals surface area (Å²) in [6.45, 7) is 9.69. The van der Waals surface area contributed by atoms with Crippen molar-refractivity contribution in [2.75, 3.05) is 13.1 Å². The first-order valence-corrected chi connectivity index (χ1v) is 11.9. The van der Waals surface area contributed by atoms with Gasteiger partial charge in [-0.3, -0.25) is 9.13 Å². The molecule has 3 heterocycles. The lowest BCUT2D eigenvalue weighted by Gasteiger charge is -2.37. The molecule has 1 saturated heterocycles. The summed E-state index contributed by atoms with van der Waals surface area (Å²) in [5.41, 5.74) is 10.7. The second-order valence-corrected chi connectivity index (χ2v) is 8.91. The van der Waals surface area contributed by atoms with E-state index in [1.807, 2.05) is 23.0 Å². The van der Waals surface area contributed by atoms with Gasteiger partial charge in [0.2, 0.25) is 0 Å². The van der Waals surface area contributed by atoms with Crippen molar-refractivity contribution < 1.29 is 0 Å². The third-order valence-corrected chi connectivity index (χ3v) is 6.99. The van der Waals surface area contributed by atoms with Gasteiger partial charge in [-0.2, -0.15) is 0 Å². The highest BCUT2D eigenvalue weighted by atomic mass is 16.1. The first-order chi connectivity index (χ1) is 15.6. The average molecular weight is 432 g/mol. The van der Waals surface area contributed by atoms with E-state index in [1.54, 1.807) is 0 Å². The normalized spacial score (nSPS) is 20.0. The molecule has 0 aliphatic carbocycles. The number of hydrogen-bond acceptors (Lipinski definition) is 4. The molecule has 2 aromatic carbocycles. The summed E-state index contributed by atoms with van der Waals surface area (Å²) in [4.78, 5) is 12.8. The maximum atomic E-state index is 12.8. The van der Waals surface area contributed by atoms with Gasteiger partial charge in [0.15, 0.2) is 0 Å². The van der Waals surface area contributed by atoms with Crippen molar-refractivity contribution in [3.63, 3.8) is 0 Å². The molecular weight excluding hydrogens is 398 g/mol. The third kappa shape index (κ3) is 3.48. The molecule has 1 fully saturated rings. The number of hydrazine groups is 1. The molecule has 2 aliphatic rings. The molecule has 0 spiro atoms. The highest BCUT2D eigenvalue weighted by Gasteiger charge is 2.35. The Morgan fingerprint density at radius 1 is 0.969 bits per heavy atom. The van der Waals surface area contributed by atoms with Crippen molar-refractivity contribution in [3.05, 3.63) is 75.8 Å². The molecule has 0 radical (unpaired) electrons. The van der Waals surface area contributed by atoms with Crippen molar-refractivity contribution >= 4 is 16.6 Å². The maximum absolute atomic E-state index is 12.8. The molecular formula is C26H33N5O. The fourth-order valence-electron chi connectivity index (χ4n) is 5.38. The summed E-state index contributed by atoms with van der Waals surface area (Å²) >= 11 is 0. The van der Waals surface area contributed by atoms with Crippen molar-refractivity contribution in [2.24, 2.45) is 0 Å². The summed E-state index contributed by atoms with van der Waals surface area (Å²) in [5, 5.41) is 5.93. The fourth-order valence-corrected chi connectivity index (χ4v) is 5.38. The van der Waals surface area contributed by atoms with Crippen LogP contribution in [0.1, 0.15) is 49.4 Å². The first-order valence-electron chi connectivity index (χ1n) is 11.9. The molecule has 5 rings (SSSR count). The van der Waals surface area contributed by atoms with Crippen LogP contribution in [0.3, 0.4) is 0 Å². The zero-order chi connectivity index (χ0) is 22.2. The van der Waals surface area contributed by atoms with Crippen LogP contribution in [0.25, 0.3) is 16.6 Å². The highest BCUT2D eigenvalue weighted by Crippen LogP contribution is 2.40. The van der Waals surface area contributed by atoms with Gasteiger partial charge < -0.3 is 10.7 Å². The summed E-state index contributed by atoms with van der Waals surface area (Å²) in [6, 6.07) is 16.0. The average Bonchev–Trinajstić information content (AvgIpc) is 3.37. The lowest BCUT2D eigenvalue weighted by molar-refractivity contribution is 0.108. The standard InChI is InChI=1S/C26H33N5O/c1-4-29-23-10-9-19(16-24(23)30(5-2)26(29)32)22-17-28-31(21-11-13-27-14-12-21)25(22)20-8-6-7-18(3)15-20/h6-10,15-17,21,25,27-28H,4-5,11-14H2,1-3H3. The van der Waals surface area contributed by atoms with E-state index in [9.17, 15) is 4.79 Å². The van der Waals surface area contributed by atoms with Gasteiger partial charge in [0, 0.05) is 25.3 Å². The number of piperidine rings is 1. The van der Waals surface area contributed by atoms with E-state index >= 15 is 0 Å². The van der Waals surface area contributed by atoms with Crippen LogP contribution in [0.2, 0.25) is 0 Å². The van der Waals surface area contributed by atoms with Crippen LogP contribution in [-0.4, -0.2) is 33.3 Å². The van der Waals surface area contributed by atoms with Gasteiger partial charge in [-0.05, 0) is 75.5 Å². The Morgan fingerprint density at radius 3 is 2.44 bits per heavy atom.